The van der Waals surface area contributed by atoms with Crippen LogP contribution in [0, 0.1) is 0 Å². The number of nitrogens with zero attached hydrogens (tertiary/aromatic N) is 3. The minimum atomic E-state index is 0.519. The van der Waals surface area contributed by atoms with E-state index in [-0.39, 0.29) is 0 Å². The van der Waals surface area contributed by atoms with Crippen molar-refractivity contribution in [1.82, 2.24) is 4.90 Å². The van der Waals surface area contributed by atoms with Gasteiger partial charge in [-0.25, -0.2) is 0 Å². The highest BCUT2D eigenvalue weighted by Crippen LogP contribution is 2.40. The molecular formula is C29H35N3O2. The number of fused-ring (bicyclic) bond motifs is 2. The zero-order valence-electron chi connectivity index (χ0n) is 20.5. The van der Waals surface area contributed by atoms with Crippen molar-refractivity contribution in [2.45, 2.75) is 31.9 Å². The fourth-order valence-electron chi connectivity index (χ4n) is 5.30. The van der Waals surface area contributed by atoms with E-state index < -0.39 is 0 Å². The van der Waals surface area contributed by atoms with Crippen LogP contribution in [0.25, 0.3) is 0 Å². The molecule has 2 aliphatic rings. The summed E-state index contributed by atoms with van der Waals surface area (Å²) in [5, 5.41) is 0. The van der Waals surface area contributed by atoms with Crippen LogP contribution < -0.4 is 19.3 Å². The average molecular weight is 458 g/mol. The van der Waals surface area contributed by atoms with Gasteiger partial charge in [-0.2, -0.15) is 0 Å². The molecular weight excluding hydrogens is 422 g/mol. The third kappa shape index (κ3) is 4.58. The largest absolute Gasteiger partial charge is 0.495 e. The number of anilines is 3. The van der Waals surface area contributed by atoms with Crippen molar-refractivity contribution in [3.63, 3.8) is 0 Å². The molecule has 5 rings (SSSR count). The number of para-hydroxylation sites is 3. The maximum atomic E-state index is 6.18. The summed E-state index contributed by atoms with van der Waals surface area (Å²) < 4.78 is 11.7. The molecule has 0 spiro atoms. The lowest BCUT2D eigenvalue weighted by Crippen LogP contribution is -2.39. The predicted octanol–water partition coefficient (Wildman–Crippen LogP) is 5.50. The van der Waals surface area contributed by atoms with E-state index in [0.717, 1.165) is 43.2 Å². The molecule has 5 nitrogen and oxygen atoms in total. The molecule has 2 heterocycles. The normalized spacial score (nSPS) is 17.5. The summed E-state index contributed by atoms with van der Waals surface area (Å²) in [6.45, 7) is 3.82. The number of rotatable bonds is 7. The Morgan fingerprint density at radius 1 is 1.00 bits per heavy atom. The van der Waals surface area contributed by atoms with E-state index in [9.17, 15) is 0 Å². The molecule has 1 atom stereocenters. The van der Waals surface area contributed by atoms with Crippen LogP contribution >= 0.6 is 0 Å². The number of benzene rings is 3. The highest BCUT2D eigenvalue weighted by atomic mass is 16.5. The second-order valence-corrected chi connectivity index (χ2v) is 9.48. The maximum Gasteiger partial charge on any atom is 0.143 e. The Morgan fingerprint density at radius 3 is 2.62 bits per heavy atom. The van der Waals surface area contributed by atoms with Gasteiger partial charge in [0.1, 0.15) is 18.1 Å². The van der Waals surface area contributed by atoms with Crippen molar-refractivity contribution < 1.29 is 9.47 Å². The molecule has 0 amide bonds. The molecule has 0 unspecified atom stereocenters. The third-order valence-corrected chi connectivity index (χ3v) is 7.13. The first-order valence-corrected chi connectivity index (χ1v) is 12.3. The summed E-state index contributed by atoms with van der Waals surface area (Å²) >= 11 is 0. The van der Waals surface area contributed by atoms with Crippen molar-refractivity contribution >= 4 is 17.1 Å². The van der Waals surface area contributed by atoms with Gasteiger partial charge in [0.05, 0.1) is 18.5 Å². The number of methoxy groups -OCH3 is 1. The molecule has 5 heteroatoms. The molecule has 0 N–H and O–H groups in total. The molecule has 1 fully saturated rings. The van der Waals surface area contributed by atoms with E-state index in [1.807, 2.05) is 0 Å². The second kappa shape index (κ2) is 9.98. The number of hydrogen-bond donors (Lipinski definition) is 0. The molecule has 0 radical (unpaired) electrons. The monoisotopic (exact) mass is 457 g/mol. The Bertz CT molecular complexity index is 1080. The molecule has 34 heavy (non-hydrogen) atoms. The summed E-state index contributed by atoms with van der Waals surface area (Å²) in [6.07, 6.45) is 3.52. The van der Waals surface area contributed by atoms with Gasteiger partial charge in [0, 0.05) is 44.5 Å². The van der Waals surface area contributed by atoms with E-state index in [0.29, 0.717) is 12.6 Å². The zero-order chi connectivity index (χ0) is 23.5. The topological polar surface area (TPSA) is 28.2 Å². The summed E-state index contributed by atoms with van der Waals surface area (Å²) in [6, 6.07) is 24.2. The van der Waals surface area contributed by atoms with Gasteiger partial charge in [-0.3, -0.25) is 4.90 Å². The third-order valence-electron chi connectivity index (χ3n) is 7.13. The summed E-state index contributed by atoms with van der Waals surface area (Å²) in [4.78, 5) is 7.28. The molecule has 1 saturated heterocycles. The lowest BCUT2D eigenvalue weighted by Gasteiger charge is -2.33. The molecule has 178 valence electrons. The first-order valence-electron chi connectivity index (χ1n) is 12.3. The predicted molar refractivity (Wildman–Crippen MR) is 140 cm³/mol. The van der Waals surface area contributed by atoms with Crippen LogP contribution in [0.3, 0.4) is 0 Å². The van der Waals surface area contributed by atoms with E-state index in [4.69, 9.17) is 9.47 Å². The lowest BCUT2D eigenvalue weighted by molar-refractivity contribution is 0.261. The first-order chi connectivity index (χ1) is 16.6. The highest BCUT2D eigenvalue weighted by molar-refractivity contribution is 5.73. The van der Waals surface area contributed by atoms with E-state index >= 15 is 0 Å². The van der Waals surface area contributed by atoms with Crippen LogP contribution in [-0.2, 0) is 13.0 Å². The van der Waals surface area contributed by atoms with Crippen LogP contribution in [0.4, 0.5) is 17.1 Å². The Hall–Kier alpha value is -3.18. The molecule has 0 aromatic heterocycles. The summed E-state index contributed by atoms with van der Waals surface area (Å²) in [5.74, 6) is 1.89. The second-order valence-electron chi connectivity index (χ2n) is 9.48. The van der Waals surface area contributed by atoms with Crippen LogP contribution in [-0.4, -0.2) is 51.8 Å². The van der Waals surface area contributed by atoms with Gasteiger partial charge in [-0.15, -0.1) is 0 Å². The van der Waals surface area contributed by atoms with Crippen molar-refractivity contribution in [2.75, 3.05) is 50.6 Å². The standard InChI is InChI=1S/C29H35N3O2/c1-30(2)27-19-22(14-15-28(27)33-3)16-18-31-17-8-10-24(31)20-32-25-11-5-4-9-23(25)21-34-29-13-7-6-12-26(29)32/h4-7,9,11-15,19,24H,8,10,16-18,20-21H2,1-3H3/t24-/m1/s1. The number of likely N-dealkylation sites (tertiary alicyclic amines) is 1. The minimum absolute atomic E-state index is 0.519. The molecule has 3 aromatic rings. The van der Waals surface area contributed by atoms with E-state index in [1.165, 1.54) is 35.3 Å². The molecule has 2 aliphatic heterocycles. The van der Waals surface area contributed by atoms with Gasteiger partial charge in [-0.1, -0.05) is 36.4 Å². The zero-order valence-corrected chi connectivity index (χ0v) is 20.5. The van der Waals surface area contributed by atoms with Gasteiger partial charge in [0.15, 0.2) is 0 Å². The quantitative estimate of drug-likeness (QED) is 0.467. The van der Waals surface area contributed by atoms with Gasteiger partial charge in [0.25, 0.3) is 0 Å². The fourth-order valence-corrected chi connectivity index (χ4v) is 5.30. The van der Waals surface area contributed by atoms with E-state index in [2.05, 4.69) is 95.5 Å². The van der Waals surface area contributed by atoms with Crippen molar-refractivity contribution in [3.8, 4) is 11.5 Å². The smallest absolute Gasteiger partial charge is 0.143 e. The first kappa shape index (κ1) is 22.6. The highest BCUT2D eigenvalue weighted by Gasteiger charge is 2.29. The average Bonchev–Trinajstić information content (AvgIpc) is 3.25. The van der Waals surface area contributed by atoms with Crippen LogP contribution in [0.5, 0.6) is 11.5 Å². The molecule has 3 aromatic carbocycles. The number of hydrogen-bond acceptors (Lipinski definition) is 5. The van der Waals surface area contributed by atoms with Gasteiger partial charge < -0.3 is 19.3 Å². The van der Waals surface area contributed by atoms with Crippen molar-refractivity contribution in [3.05, 3.63) is 77.9 Å². The SMILES string of the molecule is COc1ccc(CCN2CCC[C@@H]2CN2c3ccccc3COc3ccccc32)cc1N(C)C. The van der Waals surface area contributed by atoms with Crippen LogP contribution in [0.2, 0.25) is 0 Å². The Balaban J connectivity index is 1.34. The molecule has 0 bridgehead atoms. The minimum Gasteiger partial charge on any atom is -0.495 e. The van der Waals surface area contributed by atoms with Gasteiger partial charge in [-0.05, 0) is 61.7 Å². The van der Waals surface area contributed by atoms with Crippen molar-refractivity contribution in [1.29, 1.82) is 0 Å². The molecule has 0 saturated carbocycles. The van der Waals surface area contributed by atoms with Gasteiger partial charge >= 0.3 is 0 Å². The Morgan fingerprint density at radius 2 is 1.79 bits per heavy atom. The van der Waals surface area contributed by atoms with Crippen LogP contribution in [0.15, 0.2) is 66.7 Å². The number of ether oxygens (including phenoxy) is 2. The molecule has 0 aliphatic carbocycles. The Labute approximate surface area is 203 Å². The fraction of sp³-hybridized carbons (Fsp3) is 0.379. The lowest BCUT2D eigenvalue weighted by atomic mass is 10.1. The summed E-state index contributed by atoms with van der Waals surface area (Å²) in [5.41, 5.74) is 6.18. The maximum absolute atomic E-state index is 6.18. The summed E-state index contributed by atoms with van der Waals surface area (Å²) in [7, 11) is 5.87. The Kier molecular flexibility index (Phi) is 6.63. The van der Waals surface area contributed by atoms with Gasteiger partial charge in [0.2, 0.25) is 0 Å². The van der Waals surface area contributed by atoms with Crippen molar-refractivity contribution in [2.24, 2.45) is 0 Å². The van der Waals surface area contributed by atoms with E-state index in [1.54, 1.807) is 7.11 Å². The van der Waals surface area contributed by atoms with Crippen LogP contribution in [0.1, 0.15) is 24.0 Å².